The molecule has 0 amide bonds. The van der Waals surface area contributed by atoms with Crippen LogP contribution in [0.1, 0.15) is 12.5 Å². The molecular formula is C15H12BrNOS. The zero-order valence-electron chi connectivity index (χ0n) is 10.4. The fourth-order valence-electron chi connectivity index (χ4n) is 1.64. The Morgan fingerprint density at radius 1 is 1.26 bits per heavy atom. The van der Waals surface area contributed by atoms with Crippen LogP contribution in [0.15, 0.2) is 51.8 Å². The second-order valence-corrected chi connectivity index (χ2v) is 5.96. The van der Waals surface area contributed by atoms with E-state index in [1.165, 1.54) is 0 Å². The van der Waals surface area contributed by atoms with Gasteiger partial charge in [-0.05, 0) is 36.1 Å². The van der Waals surface area contributed by atoms with E-state index < -0.39 is 0 Å². The van der Waals surface area contributed by atoms with Gasteiger partial charge in [-0.2, -0.15) is 5.26 Å². The van der Waals surface area contributed by atoms with Crippen molar-refractivity contribution in [3.63, 3.8) is 0 Å². The molecule has 19 heavy (non-hydrogen) atoms. The summed E-state index contributed by atoms with van der Waals surface area (Å²) in [6, 6.07) is 15.5. The van der Waals surface area contributed by atoms with Crippen molar-refractivity contribution < 1.29 is 4.74 Å². The molecule has 0 aliphatic heterocycles. The third kappa shape index (κ3) is 3.52. The molecule has 0 heterocycles. The molecule has 0 bridgehead atoms. The lowest BCUT2D eigenvalue weighted by Gasteiger charge is -2.10. The smallest absolute Gasteiger partial charge is 0.146 e. The topological polar surface area (TPSA) is 33.0 Å². The zero-order valence-corrected chi connectivity index (χ0v) is 12.8. The van der Waals surface area contributed by atoms with Gasteiger partial charge in [-0.15, -0.1) is 11.8 Å². The van der Waals surface area contributed by atoms with E-state index in [9.17, 15) is 5.26 Å². The van der Waals surface area contributed by atoms with E-state index in [0.717, 1.165) is 15.1 Å². The van der Waals surface area contributed by atoms with Crippen LogP contribution in [0.3, 0.4) is 0 Å². The quantitative estimate of drug-likeness (QED) is 0.718. The first-order valence-corrected chi connectivity index (χ1v) is 7.61. The van der Waals surface area contributed by atoms with Gasteiger partial charge in [-0.1, -0.05) is 35.0 Å². The summed E-state index contributed by atoms with van der Waals surface area (Å²) in [5.74, 6) is 2.23. The highest BCUT2D eigenvalue weighted by atomic mass is 79.9. The van der Waals surface area contributed by atoms with E-state index >= 15 is 0 Å². The summed E-state index contributed by atoms with van der Waals surface area (Å²) in [5, 5.41) is 9.31. The molecule has 2 aromatic rings. The van der Waals surface area contributed by atoms with Gasteiger partial charge in [0, 0.05) is 9.37 Å². The lowest BCUT2D eigenvalue weighted by atomic mass is 10.2. The van der Waals surface area contributed by atoms with Crippen molar-refractivity contribution in [2.45, 2.75) is 11.8 Å². The molecule has 4 heteroatoms. The van der Waals surface area contributed by atoms with Crippen molar-refractivity contribution in [3.05, 3.63) is 52.5 Å². The SMILES string of the molecule is CCSc1cccc(Oc2cccc(Br)c2)c1C#N. The average molecular weight is 334 g/mol. The molecule has 0 aliphatic rings. The fraction of sp³-hybridized carbons (Fsp3) is 0.133. The van der Waals surface area contributed by atoms with Gasteiger partial charge < -0.3 is 4.74 Å². The molecule has 0 radical (unpaired) electrons. The highest BCUT2D eigenvalue weighted by molar-refractivity contribution is 9.10. The minimum absolute atomic E-state index is 0.592. The second kappa shape index (κ2) is 6.65. The molecule has 2 aromatic carbocycles. The highest BCUT2D eigenvalue weighted by Crippen LogP contribution is 2.32. The van der Waals surface area contributed by atoms with Crippen molar-refractivity contribution in [2.24, 2.45) is 0 Å². The molecule has 2 rings (SSSR count). The zero-order chi connectivity index (χ0) is 13.7. The van der Waals surface area contributed by atoms with Crippen LogP contribution in [0.2, 0.25) is 0 Å². The monoisotopic (exact) mass is 333 g/mol. The van der Waals surface area contributed by atoms with Gasteiger partial charge in [0.05, 0.1) is 0 Å². The molecule has 0 fully saturated rings. The Balaban J connectivity index is 2.35. The first kappa shape index (κ1) is 14.0. The lowest BCUT2D eigenvalue weighted by molar-refractivity contribution is 0.479. The number of ether oxygens (including phenoxy) is 1. The van der Waals surface area contributed by atoms with E-state index in [1.54, 1.807) is 11.8 Å². The largest absolute Gasteiger partial charge is 0.456 e. The van der Waals surface area contributed by atoms with Crippen molar-refractivity contribution in [1.29, 1.82) is 5.26 Å². The number of halogens is 1. The van der Waals surface area contributed by atoms with E-state index in [1.807, 2.05) is 42.5 Å². The van der Waals surface area contributed by atoms with Gasteiger partial charge in [0.1, 0.15) is 23.1 Å². The Bertz CT molecular complexity index is 622. The molecule has 0 unspecified atom stereocenters. The number of nitrogens with zero attached hydrogens (tertiary/aromatic N) is 1. The molecule has 96 valence electrons. The predicted octanol–water partition coefficient (Wildman–Crippen LogP) is 5.23. The van der Waals surface area contributed by atoms with E-state index in [2.05, 4.69) is 28.9 Å². The Labute approximate surface area is 125 Å². The van der Waals surface area contributed by atoms with Crippen LogP contribution in [0.25, 0.3) is 0 Å². The third-order valence-corrected chi connectivity index (χ3v) is 3.86. The number of hydrogen-bond acceptors (Lipinski definition) is 3. The lowest BCUT2D eigenvalue weighted by Crippen LogP contribution is -1.90. The van der Waals surface area contributed by atoms with Gasteiger partial charge in [-0.25, -0.2) is 0 Å². The van der Waals surface area contributed by atoms with Crippen molar-refractivity contribution in [3.8, 4) is 17.6 Å². The summed E-state index contributed by atoms with van der Waals surface area (Å²) < 4.78 is 6.75. The third-order valence-electron chi connectivity index (χ3n) is 2.42. The number of benzene rings is 2. The number of hydrogen-bond donors (Lipinski definition) is 0. The summed E-state index contributed by atoms with van der Waals surface area (Å²) in [6.07, 6.45) is 0. The minimum Gasteiger partial charge on any atom is -0.456 e. The minimum atomic E-state index is 0.592. The van der Waals surface area contributed by atoms with Crippen molar-refractivity contribution in [2.75, 3.05) is 5.75 Å². The first-order valence-electron chi connectivity index (χ1n) is 5.84. The predicted molar refractivity (Wildman–Crippen MR) is 81.8 cm³/mol. The van der Waals surface area contributed by atoms with E-state index in [-0.39, 0.29) is 0 Å². The van der Waals surface area contributed by atoms with Gasteiger partial charge in [0.2, 0.25) is 0 Å². The fourth-order valence-corrected chi connectivity index (χ4v) is 2.79. The standard InChI is InChI=1S/C15H12BrNOS/c1-2-19-15-8-4-7-14(13(15)10-17)18-12-6-3-5-11(16)9-12/h3-9H,2H2,1H3. The molecule has 0 aromatic heterocycles. The maximum atomic E-state index is 9.31. The molecule has 0 saturated heterocycles. The van der Waals surface area contributed by atoms with E-state index in [4.69, 9.17) is 4.74 Å². The normalized spacial score (nSPS) is 9.95. The highest BCUT2D eigenvalue weighted by Gasteiger charge is 2.10. The summed E-state index contributed by atoms with van der Waals surface area (Å²) in [7, 11) is 0. The van der Waals surface area contributed by atoms with Gasteiger partial charge in [-0.3, -0.25) is 0 Å². The molecule has 0 spiro atoms. The van der Waals surface area contributed by atoms with Crippen LogP contribution in [0.4, 0.5) is 0 Å². The van der Waals surface area contributed by atoms with Crippen LogP contribution in [-0.4, -0.2) is 5.75 Å². The Morgan fingerprint density at radius 3 is 2.74 bits per heavy atom. The summed E-state index contributed by atoms with van der Waals surface area (Å²) in [6.45, 7) is 2.06. The Hall–Kier alpha value is -1.44. The van der Waals surface area contributed by atoms with Crippen LogP contribution in [-0.2, 0) is 0 Å². The molecular weight excluding hydrogens is 322 g/mol. The Morgan fingerprint density at radius 2 is 2.05 bits per heavy atom. The summed E-state index contributed by atoms with van der Waals surface area (Å²) >= 11 is 5.04. The van der Waals surface area contributed by atoms with E-state index in [0.29, 0.717) is 17.1 Å². The molecule has 0 N–H and O–H groups in total. The van der Waals surface area contributed by atoms with Crippen LogP contribution >= 0.6 is 27.7 Å². The maximum Gasteiger partial charge on any atom is 0.146 e. The first-order chi connectivity index (χ1) is 9.24. The van der Waals surface area contributed by atoms with Crippen LogP contribution in [0.5, 0.6) is 11.5 Å². The second-order valence-electron chi connectivity index (χ2n) is 3.73. The van der Waals surface area contributed by atoms with Gasteiger partial charge in [0.25, 0.3) is 0 Å². The molecule has 2 nitrogen and oxygen atoms in total. The van der Waals surface area contributed by atoms with Crippen molar-refractivity contribution >= 4 is 27.7 Å². The Kier molecular flexibility index (Phi) is 4.89. The van der Waals surface area contributed by atoms with Crippen LogP contribution < -0.4 is 4.74 Å². The molecule has 0 atom stereocenters. The molecule has 0 aliphatic carbocycles. The van der Waals surface area contributed by atoms with Gasteiger partial charge in [0.15, 0.2) is 0 Å². The summed E-state index contributed by atoms with van der Waals surface area (Å²) in [4.78, 5) is 0.956. The number of rotatable bonds is 4. The molecule has 0 saturated carbocycles. The number of nitriles is 1. The van der Waals surface area contributed by atoms with Gasteiger partial charge >= 0.3 is 0 Å². The number of thioether (sulfide) groups is 1. The summed E-state index contributed by atoms with van der Waals surface area (Å²) in [5.41, 5.74) is 0.592. The van der Waals surface area contributed by atoms with Crippen LogP contribution in [0, 0.1) is 11.3 Å². The van der Waals surface area contributed by atoms with Crippen molar-refractivity contribution in [1.82, 2.24) is 0 Å². The maximum absolute atomic E-state index is 9.31. The average Bonchev–Trinajstić information content (AvgIpc) is 2.39.